The van der Waals surface area contributed by atoms with Crippen LogP contribution in [0.2, 0.25) is 0 Å². The summed E-state index contributed by atoms with van der Waals surface area (Å²) in [6.45, 7) is 5.63. The van der Waals surface area contributed by atoms with E-state index in [9.17, 15) is 0 Å². The number of hydrogen-bond donors (Lipinski definition) is 1. The highest BCUT2D eigenvalue weighted by Crippen LogP contribution is 2.25. The maximum atomic E-state index is 3.47. The van der Waals surface area contributed by atoms with Crippen LogP contribution in [0.1, 0.15) is 26.7 Å². The topological polar surface area (TPSA) is 12.0 Å². The van der Waals surface area contributed by atoms with Crippen LogP contribution in [0.5, 0.6) is 0 Å². The molecule has 2 heteroatoms. The van der Waals surface area contributed by atoms with Crippen LogP contribution in [0.4, 0.5) is 0 Å². The molecule has 0 spiro atoms. The van der Waals surface area contributed by atoms with E-state index in [4.69, 9.17) is 0 Å². The van der Waals surface area contributed by atoms with E-state index in [2.05, 4.69) is 30.9 Å². The SMILES string of the molecule is CC(C)NCC1CCCS1. The molecule has 0 saturated carbocycles. The third kappa shape index (κ3) is 2.93. The predicted octanol–water partition coefficient (Wildman–Crippen LogP) is 1.88. The zero-order chi connectivity index (χ0) is 7.40. The fourth-order valence-corrected chi connectivity index (χ4v) is 2.39. The molecular weight excluding hydrogens is 142 g/mol. The van der Waals surface area contributed by atoms with Crippen molar-refractivity contribution in [3.8, 4) is 0 Å². The average molecular weight is 159 g/mol. The predicted molar refractivity (Wildman–Crippen MR) is 48.6 cm³/mol. The van der Waals surface area contributed by atoms with Gasteiger partial charge in [-0.2, -0.15) is 11.8 Å². The lowest BCUT2D eigenvalue weighted by molar-refractivity contribution is 0.571. The summed E-state index contributed by atoms with van der Waals surface area (Å²) in [6, 6.07) is 0.654. The molecule has 0 bridgehead atoms. The Morgan fingerprint density at radius 3 is 2.90 bits per heavy atom. The van der Waals surface area contributed by atoms with Crippen molar-refractivity contribution in [1.29, 1.82) is 0 Å². The minimum absolute atomic E-state index is 0.654. The van der Waals surface area contributed by atoms with Crippen LogP contribution in [-0.2, 0) is 0 Å². The van der Waals surface area contributed by atoms with Gasteiger partial charge in [-0.25, -0.2) is 0 Å². The third-order valence-corrected chi connectivity index (χ3v) is 3.18. The Hall–Kier alpha value is 0.310. The second kappa shape index (κ2) is 4.24. The molecule has 1 rings (SSSR count). The molecule has 0 aromatic carbocycles. The fourth-order valence-electron chi connectivity index (χ4n) is 1.17. The van der Waals surface area contributed by atoms with Gasteiger partial charge in [-0.1, -0.05) is 13.8 Å². The monoisotopic (exact) mass is 159 g/mol. The van der Waals surface area contributed by atoms with Crippen LogP contribution in [0.3, 0.4) is 0 Å². The summed E-state index contributed by atoms with van der Waals surface area (Å²) in [5.41, 5.74) is 0. The van der Waals surface area contributed by atoms with Gasteiger partial charge in [0.05, 0.1) is 0 Å². The van der Waals surface area contributed by atoms with Crippen LogP contribution in [0, 0.1) is 0 Å². The van der Waals surface area contributed by atoms with Crippen molar-refractivity contribution in [3.05, 3.63) is 0 Å². The highest BCUT2D eigenvalue weighted by atomic mass is 32.2. The van der Waals surface area contributed by atoms with Crippen LogP contribution < -0.4 is 5.32 Å². The summed E-state index contributed by atoms with van der Waals surface area (Å²) >= 11 is 2.12. The van der Waals surface area contributed by atoms with Crippen molar-refractivity contribution >= 4 is 11.8 Å². The molecule has 1 fully saturated rings. The molecule has 1 aliphatic rings. The lowest BCUT2D eigenvalue weighted by Crippen LogP contribution is -2.29. The molecule has 0 amide bonds. The first-order valence-electron chi connectivity index (χ1n) is 4.14. The molecule has 1 atom stereocenters. The maximum absolute atomic E-state index is 3.47. The van der Waals surface area contributed by atoms with Crippen LogP contribution in [0.25, 0.3) is 0 Å². The quantitative estimate of drug-likeness (QED) is 0.675. The van der Waals surface area contributed by atoms with Crippen molar-refractivity contribution in [2.24, 2.45) is 0 Å². The Morgan fingerprint density at radius 2 is 2.40 bits per heavy atom. The summed E-state index contributed by atoms with van der Waals surface area (Å²) in [6.07, 6.45) is 2.85. The molecule has 10 heavy (non-hydrogen) atoms. The molecule has 0 aliphatic carbocycles. The van der Waals surface area contributed by atoms with Crippen molar-refractivity contribution < 1.29 is 0 Å². The number of rotatable bonds is 3. The summed E-state index contributed by atoms with van der Waals surface area (Å²) in [5.74, 6) is 1.38. The molecule has 1 heterocycles. The number of thioether (sulfide) groups is 1. The van der Waals surface area contributed by atoms with Gasteiger partial charge < -0.3 is 5.32 Å². The average Bonchev–Trinajstić information content (AvgIpc) is 2.34. The summed E-state index contributed by atoms with van der Waals surface area (Å²) in [4.78, 5) is 0. The van der Waals surface area contributed by atoms with Gasteiger partial charge in [-0.15, -0.1) is 0 Å². The minimum Gasteiger partial charge on any atom is -0.313 e. The Labute approximate surface area is 68.0 Å². The van der Waals surface area contributed by atoms with Gasteiger partial charge >= 0.3 is 0 Å². The number of hydrogen-bond acceptors (Lipinski definition) is 2. The van der Waals surface area contributed by atoms with Gasteiger partial charge in [0.1, 0.15) is 0 Å². The second-order valence-corrected chi connectivity index (χ2v) is 4.61. The van der Waals surface area contributed by atoms with Gasteiger partial charge in [0.25, 0.3) is 0 Å². The summed E-state index contributed by atoms with van der Waals surface area (Å²) < 4.78 is 0. The first-order valence-corrected chi connectivity index (χ1v) is 5.19. The Balaban J connectivity index is 2.01. The summed E-state index contributed by atoms with van der Waals surface area (Å²) in [7, 11) is 0. The third-order valence-electron chi connectivity index (χ3n) is 1.78. The molecule has 1 nitrogen and oxygen atoms in total. The smallest absolute Gasteiger partial charge is 0.0172 e. The highest BCUT2D eigenvalue weighted by Gasteiger charge is 2.14. The first-order chi connectivity index (χ1) is 4.79. The Bertz CT molecular complexity index is 87.3. The molecule has 0 aromatic rings. The summed E-state index contributed by atoms with van der Waals surface area (Å²) in [5, 5.41) is 4.37. The zero-order valence-corrected chi connectivity index (χ0v) is 7.71. The molecular formula is C8H17NS. The van der Waals surface area contributed by atoms with E-state index in [1.54, 1.807) is 0 Å². The van der Waals surface area contributed by atoms with Gasteiger partial charge in [-0.05, 0) is 18.6 Å². The van der Waals surface area contributed by atoms with E-state index in [0.29, 0.717) is 6.04 Å². The number of nitrogens with one attached hydrogen (secondary N) is 1. The standard InChI is InChI=1S/C8H17NS/c1-7(2)9-6-8-4-3-5-10-8/h7-9H,3-6H2,1-2H3. The molecule has 1 saturated heterocycles. The van der Waals surface area contributed by atoms with E-state index in [1.807, 2.05) is 0 Å². The zero-order valence-electron chi connectivity index (χ0n) is 6.89. The molecule has 1 N–H and O–H groups in total. The van der Waals surface area contributed by atoms with Gasteiger partial charge in [0, 0.05) is 17.8 Å². The van der Waals surface area contributed by atoms with E-state index in [-0.39, 0.29) is 0 Å². The van der Waals surface area contributed by atoms with Crippen LogP contribution in [0.15, 0.2) is 0 Å². The molecule has 1 aliphatic heterocycles. The Kier molecular flexibility index (Phi) is 3.57. The van der Waals surface area contributed by atoms with Crippen molar-refractivity contribution in [2.45, 2.75) is 38.0 Å². The van der Waals surface area contributed by atoms with E-state index < -0.39 is 0 Å². The minimum atomic E-state index is 0.654. The molecule has 0 radical (unpaired) electrons. The normalized spacial score (nSPS) is 26.1. The van der Waals surface area contributed by atoms with E-state index in [1.165, 1.54) is 25.1 Å². The molecule has 1 unspecified atom stereocenters. The van der Waals surface area contributed by atoms with Crippen molar-refractivity contribution in [2.75, 3.05) is 12.3 Å². The molecule has 0 aromatic heterocycles. The van der Waals surface area contributed by atoms with Gasteiger partial charge in [-0.3, -0.25) is 0 Å². The van der Waals surface area contributed by atoms with Crippen molar-refractivity contribution in [1.82, 2.24) is 5.32 Å². The fraction of sp³-hybridized carbons (Fsp3) is 1.00. The molecule has 60 valence electrons. The van der Waals surface area contributed by atoms with Crippen molar-refractivity contribution in [3.63, 3.8) is 0 Å². The first kappa shape index (κ1) is 8.41. The Morgan fingerprint density at radius 1 is 1.60 bits per heavy atom. The van der Waals surface area contributed by atoms with Gasteiger partial charge in [0.15, 0.2) is 0 Å². The van der Waals surface area contributed by atoms with Crippen LogP contribution >= 0.6 is 11.8 Å². The lowest BCUT2D eigenvalue weighted by atomic mass is 10.2. The maximum Gasteiger partial charge on any atom is 0.0172 e. The lowest BCUT2D eigenvalue weighted by Gasteiger charge is -2.12. The van der Waals surface area contributed by atoms with Crippen LogP contribution in [-0.4, -0.2) is 23.6 Å². The highest BCUT2D eigenvalue weighted by molar-refractivity contribution is 8.00. The van der Waals surface area contributed by atoms with E-state index in [0.717, 1.165) is 5.25 Å². The van der Waals surface area contributed by atoms with E-state index >= 15 is 0 Å². The van der Waals surface area contributed by atoms with Gasteiger partial charge in [0.2, 0.25) is 0 Å². The second-order valence-electron chi connectivity index (χ2n) is 3.20. The largest absolute Gasteiger partial charge is 0.313 e.